The number of esters is 2. The number of ether oxygens (including phenoxy) is 2. The molecule has 0 amide bonds. The summed E-state index contributed by atoms with van der Waals surface area (Å²) in [5, 5.41) is 0. The Morgan fingerprint density at radius 3 is 1.32 bits per heavy atom. The minimum Gasteiger partial charge on any atom is -0.459 e. The van der Waals surface area contributed by atoms with Crippen molar-refractivity contribution in [3.63, 3.8) is 0 Å². The molecule has 0 heterocycles. The summed E-state index contributed by atoms with van der Waals surface area (Å²) in [5.41, 5.74) is -2.34. The highest BCUT2D eigenvalue weighted by atomic mass is 16.6. The summed E-state index contributed by atoms with van der Waals surface area (Å²) in [4.78, 5) is 25.6. The van der Waals surface area contributed by atoms with Gasteiger partial charge < -0.3 is 9.47 Å². The maximum atomic E-state index is 12.8. The molecule has 0 aliphatic heterocycles. The zero-order valence-electron chi connectivity index (χ0n) is 15.1. The van der Waals surface area contributed by atoms with Crippen molar-refractivity contribution >= 4 is 11.9 Å². The van der Waals surface area contributed by atoms with Crippen molar-refractivity contribution in [1.82, 2.24) is 0 Å². The Kier molecular flexibility index (Phi) is 6.05. The van der Waals surface area contributed by atoms with Gasteiger partial charge in [-0.15, -0.1) is 0 Å². The zero-order valence-corrected chi connectivity index (χ0v) is 15.1. The number of carbonyl (C=O) groups excluding carboxylic acids is 2. The minimum absolute atomic E-state index is 0.420. The fourth-order valence-electron chi connectivity index (χ4n) is 2.75. The van der Waals surface area contributed by atoms with Crippen LogP contribution in [0.3, 0.4) is 0 Å². The molecular formula is C18H32O4. The van der Waals surface area contributed by atoms with Crippen molar-refractivity contribution in [2.45, 2.75) is 97.7 Å². The number of hydrogen-bond donors (Lipinski definition) is 0. The highest BCUT2D eigenvalue weighted by Gasteiger charge is 2.50. The Bertz CT molecular complexity index is 360. The lowest BCUT2D eigenvalue weighted by molar-refractivity contribution is -0.187. The van der Waals surface area contributed by atoms with Crippen LogP contribution in [0, 0.1) is 5.41 Å². The van der Waals surface area contributed by atoms with E-state index in [1.54, 1.807) is 0 Å². The molecule has 0 spiro atoms. The van der Waals surface area contributed by atoms with E-state index in [2.05, 4.69) is 0 Å². The Balaban J connectivity index is 3.06. The summed E-state index contributed by atoms with van der Waals surface area (Å²) in [5.74, 6) is -0.840. The molecular weight excluding hydrogens is 280 g/mol. The van der Waals surface area contributed by atoms with Crippen LogP contribution >= 0.6 is 0 Å². The first-order chi connectivity index (χ1) is 9.96. The van der Waals surface area contributed by atoms with Crippen LogP contribution in [0.25, 0.3) is 0 Å². The standard InChI is InChI=1S/C18H32O4/c1-16(2,3)21-14(19)18(15(20)22-17(4,5)6)12-10-8-7-9-11-13-18/h7-13H2,1-6H3. The van der Waals surface area contributed by atoms with E-state index in [0.717, 1.165) is 25.7 Å². The van der Waals surface area contributed by atoms with Gasteiger partial charge in [-0.3, -0.25) is 9.59 Å². The van der Waals surface area contributed by atoms with Gasteiger partial charge in [0.25, 0.3) is 0 Å². The van der Waals surface area contributed by atoms with Crippen LogP contribution in [0.2, 0.25) is 0 Å². The first-order valence-electron chi connectivity index (χ1n) is 8.43. The minimum atomic E-state index is -1.14. The number of hydrogen-bond acceptors (Lipinski definition) is 4. The molecule has 0 aromatic heterocycles. The molecule has 0 aromatic rings. The molecule has 0 N–H and O–H groups in total. The summed E-state index contributed by atoms with van der Waals surface area (Å²) < 4.78 is 11.1. The second kappa shape index (κ2) is 7.01. The summed E-state index contributed by atoms with van der Waals surface area (Å²) in [7, 11) is 0. The monoisotopic (exact) mass is 312 g/mol. The van der Waals surface area contributed by atoms with Crippen molar-refractivity contribution < 1.29 is 19.1 Å². The molecule has 1 aliphatic rings. The SMILES string of the molecule is CC(C)(C)OC(=O)C1(C(=O)OC(C)(C)C)CCCCCCC1. The lowest BCUT2D eigenvalue weighted by Gasteiger charge is -2.35. The van der Waals surface area contributed by atoms with Crippen LogP contribution in [-0.2, 0) is 19.1 Å². The highest BCUT2D eigenvalue weighted by molar-refractivity contribution is 6.00. The molecule has 1 rings (SSSR count). The number of carbonyl (C=O) groups is 2. The fourth-order valence-corrected chi connectivity index (χ4v) is 2.75. The molecule has 0 unspecified atom stereocenters. The predicted molar refractivity (Wildman–Crippen MR) is 86.4 cm³/mol. The van der Waals surface area contributed by atoms with E-state index in [9.17, 15) is 9.59 Å². The first-order valence-corrected chi connectivity index (χ1v) is 8.43. The van der Waals surface area contributed by atoms with E-state index in [4.69, 9.17) is 9.47 Å². The predicted octanol–water partition coefficient (Wildman–Crippen LogP) is 4.40. The van der Waals surface area contributed by atoms with Gasteiger partial charge in [-0.2, -0.15) is 0 Å². The van der Waals surface area contributed by atoms with Crippen LogP contribution in [0.4, 0.5) is 0 Å². The Labute approximate surface area is 134 Å². The second-order valence-electron chi connectivity index (χ2n) is 8.35. The van der Waals surface area contributed by atoms with E-state index < -0.39 is 28.6 Å². The lowest BCUT2D eigenvalue weighted by atomic mass is 9.76. The topological polar surface area (TPSA) is 52.6 Å². The molecule has 1 saturated carbocycles. The van der Waals surface area contributed by atoms with Crippen molar-refractivity contribution in [3.05, 3.63) is 0 Å². The van der Waals surface area contributed by atoms with Crippen LogP contribution < -0.4 is 0 Å². The van der Waals surface area contributed by atoms with E-state index in [1.165, 1.54) is 6.42 Å². The molecule has 0 atom stereocenters. The highest BCUT2D eigenvalue weighted by Crippen LogP contribution is 2.39. The van der Waals surface area contributed by atoms with Gasteiger partial charge in [-0.05, 0) is 54.4 Å². The third-order valence-electron chi connectivity index (χ3n) is 3.79. The molecule has 1 fully saturated rings. The second-order valence-corrected chi connectivity index (χ2v) is 8.35. The Morgan fingerprint density at radius 1 is 0.682 bits per heavy atom. The summed E-state index contributed by atoms with van der Waals surface area (Å²) in [6.45, 7) is 11.0. The summed E-state index contributed by atoms with van der Waals surface area (Å²) in [6.07, 6.45) is 6.03. The number of rotatable bonds is 2. The molecule has 22 heavy (non-hydrogen) atoms. The van der Waals surface area contributed by atoms with Gasteiger partial charge >= 0.3 is 11.9 Å². The smallest absolute Gasteiger partial charge is 0.324 e. The fraction of sp³-hybridized carbons (Fsp3) is 0.889. The van der Waals surface area contributed by atoms with Crippen LogP contribution in [0.15, 0.2) is 0 Å². The van der Waals surface area contributed by atoms with Crippen LogP contribution in [0.1, 0.15) is 86.5 Å². The summed E-state index contributed by atoms with van der Waals surface area (Å²) in [6, 6.07) is 0. The van der Waals surface area contributed by atoms with Crippen molar-refractivity contribution in [3.8, 4) is 0 Å². The molecule has 0 saturated heterocycles. The van der Waals surface area contributed by atoms with Gasteiger partial charge in [0.2, 0.25) is 0 Å². The summed E-state index contributed by atoms with van der Waals surface area (Å²) >= 11 is 0. The average molecular weight is 312 g/mol. The van der Waals surface area contributed by atoms with Gasteiger partial charge in [0.05, 0.1) is 0 Å². The molecule has 4 nitrogen and oxygen atoms in total. The van der Waals surface area contributed by atoms with Gasteiger partial charge in [0, 0.05) is 0 Å². The zero-order chi connectivity index (χ0) is 17.0. The average Bonchev–Trinajstić information content (AvgIpc) is 2.23. The molecule has 4 heteroatoms. The van der Waals surface area contributed by atoms with Gasteiger partial charge in [-0.1, -0.05) is 32.1 Å². The van der Waals surface area contributed by atoms with Gasteiger partial charge in [0.1, 0.15) is 11.2 Å². The largest absolute Gasteiger partial charge is 0.459 e. The van der Waals surface area contributed by atoms with Crippen LogP contribution in [0.5, 0.6) is 0 Å². The first kappa shape index (κ1) is 19.0. The van der Waals surface area contributed by atoms with E-state index in [-0.39, 0.29) is 0 Å². The Hall–Kier alpha value is -1.06. The molecule has 0 aromatic carbocycles. The van der Waals surface area contributed by atoms with Gasteiger partial charge in [0.15, 0.2) is 5.41 Å². The molecule has 1 aliphatic carbocycles. The quantitative estimate of drug-likeness (QED) is 0.560. The molecule has 0 bridgehead atoms. The van der Waals surface area contributed by atoms with Crippen molar-refractivity contribution in [1.29, 1.82) is 0 Å². The van der Waals surface area contributed by atoms with Gasteiger partial charge in [-0.25, -0.2) is 0 Å². The lowest BCUT2D eigenvalue weighted by Crippen LogP contribution is -2.47. The van der Waals surface area contributed by atoms with E-state index in [0.29, 0.717) is 12.8 Å². The van der Waals surface area contributed by atoms with E-state index in [1.807, 2.05) is 41.5 Å². The third-order valence-corrected chi connectivity index (χ3v) is 3.79. The third kappa shape index (κ3) is 5.62. The molecule has 0 radical (unpaired) electrons. The molecule has 128 valence electrons. The van der Waals surface area contributed by atoms with Crippen LogP contribution in [-0.4, -0.2) is 23.1 Å². The maximum Gasteiger partial charge on any atom is 0.324 e. The normalized spacial score (nSPS) is 19.7. The van der Waals surface area contributed by atoms with Crippen molar-refractivity contribution in [2.75, 3.05) is 0 Å². The van der Waals surface area contributed by atoms with Crippen molar-refractivity contribution in [2.24, 2.45) is 5.41 Å². The maximum absolute atomic E-state index is 12.8. The van der Waals surface area contributed by atoms with E-state index >= 15 is 0 Å². The Morgan fingerprint density at radius 2 is 1.00 bits per heavy atom.